The summed E-state index contributed by atoms with van der Waals surface area (Å²) in [6.45, 7) is 8.56. The van der Waals surface area contributed by atoms with Crippen molar-refractivity contribution in [2.75, 3.05) is 0 Å². The molecule has 0 amide bonds. The summed E-state index contributed by atoms with van der Waals surface area (Å²) in [5.74, 6) is 0.474. The van der Waals surface area contributed by atoms with Crippen LogP contribution in [0.3, 0.4) is 0 Å². The average molecular weight is 320 g/mol. The lowest BCUT2D eigenvalue weighted by atomic mass is 9.62. The fraction of sp³-hybridized carbons (Fsp3) is 0.500. The summed E-state index contributed by atoms with van der Waals surface area (Å²) in [4.78, 5) is 5.49. The molecule has 0 radical (unpaired) electrons. The molecule has 1 fully saturated rings. The van der Waals surface area contributed by atoms with Crippen LogP contribution >= 0.6 is 0 Å². The number of hydrogen-bond acceptors (Lipinski definition) is 2. The van der Waals surface area contributed by atoms with Crippen molar-refractivity contribution >= 4 is 5.71 Å². The quantitative estimate of drug-likeness (QED) is 0.645. The SMILES string of the molecule is C=C1C=CC2=C(CC3C=C(C)CC2(N=C2CCCCC2)/C3=C/C)N1. The Hall–Kier alpha value is -1.83. The zero-order valence-electron chi connectivity index (χ0n) is 15.0. The first-order chi connectivity index (χ1) is 11.6. The molecule has 3 aliphatic carbocycles. The van der Waals surface area contributed by atoms with Crippen LogP contribution in [-0.4, -0.2) is 11.3 Å². The van der Waals surface area contributed by atoms with Crippen molar-refractivity contribution in [3.8, 4) is 0 Å². The van der Waals surface area contributed by atoms with Gasteiger partial charge in [0.1, 0.15) is 5.54 Å². The van der Waals surface area contributed by atoms with Gasteiger partial charge < -0.3 is 5.32 Å². The van der Waals surface area contributed by atoms with Gasteiger partial charge in [-0.05, 0) is 57.6 Å². The van der Waals surface area contributed by atoms with E-state index in [4.69, 9.17) is 4.99 Å². The summed E-state index contributed by atoms with van der Waals surface area (Å²) in [5.41, 5.74) is 7.95. The van der Waals surface area contributed by atoms with E-state index in [2.05, 4.69) is 50.0 Å². The molecule has 1 saturated carbocycles. The second-order valence-electron chi connectivity index (χ2n) is 7.72. The zero-order valence-corrected chi connectivity index (χ0v) is 15.0. The minimum Gasteiger partial charge on any atom is -0.359 e. The maximum absolute atomic E-state index is 5.49. The van der Waals surface area contributed by atoms with Crippen molar-refractivity contribution in [3.05, 3.63) is 59.0 Å². The number of rotatable bonds is 1. The maximum atomic E-state index is 5.49. The molecule has 2 unspecified atom stereocenters. The van der Waals surface area contributed by atoms with Crippen LogP contribution < -0.4 is 5.32 Å². The lowest BCUT2D eigenvalue weighted by molar-refractivity contribution is 0.448. The summed E-state index contributed by atoms with van der Waals surface area (Å²) < 4.78 is 0. The van der Waals surface area contributed by atoms with Gasteiger partial charge in [-0.2, -0.15) is 0 Å². The van der Waals surface area contributed by atoms with Crippen molar-refractivity contribution < 1.29 is 0 Å². The smallest absolute Gasteiger partial charge is 0.112 e. The van der Waals surface area contributed by atoms with E-state index in [-0.39, 0.29) is 5.54 Å². The van der Waals surface area contributed by atoms with Gasteiger partial charge in [0.25, 0.3) is 0 Å². The molecule has 1 N–H and O–H groups in total. The van der Waals surface area contributed by atoms with Crippen LogP contribution in [0.15, 0.2) is 64.0 Å². The summed E-state index contributed by atoms with van der Waals surface area (Å²) in [6.07, 6.45) is 17.6. The van der Waals surface area contributed by atoms with Crippen molar-refractivity contribution in [2.45, 2.75) is 64.3 Å². The summed E-state index contributed by atoms with van der Waals surface area (Å²) in [5, 5.41) is 3.54. The molecule has 24 heavy (non-hydrogen) atoms. The first-order valence-corrected chi connectivity index (χ1v) is 9.41. The lowest BCUT2D eigenvalue weighted by Gasteiger charge is -2.47. The highest BCUT2D eigenvalue weighted by Gasteiger charge is 2.47. The molecule has 0 saturated heterocycles. The van der Waals surface area contributed by atoms with E-state index in [0.29, 0.717) is 5.92 Å². The molecule has 0 aromatic heterocycles. The van der Waals surface area contributed by atoms with E-state index < -0.39 is 0 Å². The lowest BCUT2D eigenvalue weighted by Crippen LogP contribution is -2.45. The van der Waals surface area contributed by atoms with Crippen LogP contribution in [0.1, 0.15) is 58.8 Å². The van der Waals surface area contributed by atoms with Gasteiger partial charge in [-0.1, -0.05) is 36.8 Å². The first kappa shape index (κ1) is 15.7. The summed E-state index contributed by atoms with van der Waals surface area (Å²) >= 11 is 0. The number of nitrogens with one attached hydrogen (secondary N) is 1. The van der Waals surface area contributed by atoms with Crippen LogP contribution in [0.5, 0.6) is 0 Å². The third-order valence-electron chi connectivity index (χ3n) is 5.95. The Labute approximate surface area is 145 Å². The molecule has 0 aromatic rings. The number of hydrogen-bond donors (Lipinski definition) is 1. The number of nitrogens with zero attached hydrogens (tertiary/aromatic N) is 1. The molecule has 2 heteroatoms. The molecule has 126 valence electrons. The van der Waals surface area contributed by atoms with E-state index >= 15 is 0 Å². The molecule has 1 aliphatic heterocycles. The second-order valence-corrected chi connectivity index (χ2v) is 7.72. The molecular weight excluding hydrogens is 292 g/mol. The average Bonchev–Trinajstić information content (AvgIpc) is 2.54. The fourth-order valence-corrected chi connectivity index (χ4v) is 5.04. The van der Waals surface area contributed by atoms with Crippen LogP contribution in [0.2, 0.25) is 0 Å². The second kappa shape index (κ2) is 5.91. The predicted molar refractivity (Wildman–Crippen MR) is 102 cm³/mol. The monoisotopic (exact) mass is 320 g/mol. The minimum absolute atomic E-state index is 0.178. The normalized spacial score (nSPS) is 34.0. The maximum Gasteiger partial charge on any atom is 0.112 e. The molecule has 2 nitrogen and oxygen atoms in total. The van der Waals surface area contributed by atoms with Crippen molar-refractivity contribution in [2.24, 2.45) is 10.9 Å². The highest BCUT2D eigenvalue weighted by atomic mass is 15.0. The van der Waals surface area contributed by atoms with Crippen molar-refractivity contribution in [3.63, 3.8) is 0 Å². The highest BCUT2D eigenvalue weighted by Crippen LogP contribution is 2.52. The molecule has 4 aliphatic rings. The van der Waals surface area contributed by atoms with Crippen LogP contribution in [0.4, 0.5) is 0 Å². The zero-order chi connectivity index (χ0) is 16.7. The van der Waals surface area contributed by atoms with Gasteiger partial charge in [-0.15, -0.1) is 0 Å². The van der Waals surface area contributed by atoms with E-state index in [0.717, 1.165) is 18.5 Å². The Morgan fingerprint density at radius 2 is 2.04 bits per heavy atom. The number of dihydropyridines is 1. The van der Waals surface area contributed by atoms with E-state index in [1.807, 2.05) is 0 Å². The van der Waals surface area contributed by atoms with Gasteiger partial charge in [0, 0.05) is 35.0 Å². The molecule has 2 bridgehead atoms. The fourth-order valence-electron chi connectivity index (χ4n) is 5.04. The summed E-state index contributed by atoms with van der Waals surface area (Å²) in [6, 6.07) is 0. The number of aliphatic imine (C=N–C) groups is 1. The Morgan fingerprint density at radius 1 is 1.25 bits per heavy atom. The topological polar surface area (TPSA) is 24.4 Å². The standard InChI is InChI=1S/C22H28N2/c1-4-19-17-12-15(2)14-22(19,24-18-8-6-5-7-9-18)20-11-10-16(3)23-21(20)13-17/h4,10-12,17,23H,3,5-9,13-14H2,1-2H3/b19-4+. The number of allylic oxidation sites excluding steroid dienone is 4. The molecule has 2 atom stereocenters. The number of fused-ring (bicyclic) bond motifs is 3. The molecular formula is C22H28N2. The van der Waals surface area contributed by atoms with Gasteiger partial charge in [0.05, 0.1) is 0 Å². The summed E-state index contributed by atoms with van der Waals surface area (Å²) in [7, 11) is 0. The molecule has 4 rings (SSSR count). The predicted octanol–water partition coefficient (Wildman–Crippen LogP) is 5.37. The van der Waals surface area contributed by atoms with Crippen LogP contribution in [0.25, 0.3) is 0 Å². The highest BCUT2D eigenvalue weighted by molar-refractivity contribution is 5.86. The van der Waals surface area contributed by atoms with Gasteiger partial charge in [-0.25, -0.2) is 0 Å². The Morgan fingerprint density at radius 3 is 2.79 bits per heavy atom. The van der Waals surface area contributed by atoms with E-state index in [1.54, 1.807) is 0 Å². The molecule has 0 spiro atoms. The van der Waals surface area contributed by atoms with Gasteiger partial charge in [0.15, 0.2) is 0 Å². The third-order valence-corrected chi connectivity index (χ3v) is 5.95. The third kappa shape index (κ3) is 2.44. The van der Waals surface area contributed by atoms with E-state index in [9.17, 15) is 0 Å². The van der Waals surface area contributed by atoms with Crippen LogP contribution in [0, 0.1) is 5.92 Å². The van der Waals surface area contributed by atoms with Crippen molar-refractivity contribution in [1.82, 2.24) is 5.32 Å². The van der Waals surface area contributed by atoms with Gasteiger partial charge >= 0.3 is 0 Å². The van der Waals surface area contributed by atoms with E-state index in [1.165, 1.54) is 60.2 Å². The molecule has 1 heterocycles. The first-order valence-electron chi connectivity index (χ1n) is 9.41. The Balaban J connectivity index is 1.89. The van der Waals surface area contributed by atoms with Gasteiger partial charge in [0.2, 0.25) is 0 Å². The molecule has 0 aromatic carbocycles. The minimum atomic E-state index is -0.178. The Bertz CT molecular complexity index is 721. The van der Waals surface area contributed by atoms with Crippen molar-refractivity contribution in [1.29, 1.82) is 0 Å². The van der Waals surface area contributed by atoms with Crippen LogP contribution in [-0.2, 0) is 0 Å². The Kier molecular flexibility index (Phi) is 3.86. The van der Waals surface area contributed by atoms with Gasteiger partial charge in [-0.3, -0.25) is 4.99 Å². The largest absolute Gasteiger partial charge is 0.359 e.